The summed E-state index contributed by atoms with van der Waals surface area (Å²) in [5, 5.41) is 11.4. The van der Waals surface area contributed by atoms with Gasteiger partial charge in [-0.1, -0.05) is 12.1 Å². The minimum absolute atomic E-state index is 0.0234. The molecule has 0 heterocycles. The number of amidine groups is 1. The number of nitrogens with zero attached hydrogens (tertiary/aromatic N) is 2. The summed E-state index contributed by atoms with van der Waals surface area (Å²) in [7, 11) is 3.23. The van der Waals surface area contributed by atoms with Gasteiger partial charge in [-0.2, -0.15) is 0 Å². The van der Waals surface area contributed by atoms with E-state index in [0.29, 0.717) is 13.0 Å². The molecule has 0 aromatic carbocycles. The van der Waals surface area contributed by atoms with Crippen LogP contribution in [0.1, 0.15) is 20.3 Å². The van der Waals surface area contributed by atoms with Crippen molar-refractivity contribution >= 4 is 11.7 Å². The van der Waals surface area contributed by atoms with Crippen molar-refractivity contribution < 1.29 is 14.7 Å². The molecule has 0 spiro atoms. The first kappa shape index (κ1) is 14.7. The summed E-state index contributed by atoms with van der Waals surface area (Å²) in [6, 6.07) is -0.410. The second kappa shape index (κ2) is 7.05. The van der Waals surface area contributed by atoms with Crippen LogP contribution < -0.4 is 5.73 Å². The van der Waals surface area contributed by atoms with Gasteiger partial charge in [0.25, 0.3) is 0 Å². The van der Waals surface area contributed by atoms with E-state index in [9.17, 15) is 4.79 Å². The molecule has 0 bridgehead atoms. The minimum Gasteiger partial charge on any atom is -0.409 e. The maximum Gasteiger partial charge on any atom is 0.223 e. The van der Waals surface area contributed by atoms with Crippen molar-refractivity contribution in [1.82, 2.24) is 4.90 Å². The van der Waals surface area contributed by atoms with E-state index in [0.717, 1.165) is 0 Å². The van der Waals surface area contributed by atoms with Crippen LogP contribution in [-0.4, -0.2) is 48.7 Å². The normalized spacial score (nSPS) is 15.6. The molecule has 2 atom stereocenters. The summed E-state index contributed by atoms with van der Waals surface area (Å²) in [6.45, 7) is 4.18. The molecule has 6 nitrogen and oxygen atoms in total. The van der Waals surface area contributed by atoms with Gasteiger partial charge < -0.3 is 20.6 Å². The Morgan fingerprint density at radius 1 is 1.56 bits per heavy atom. The molecule has 0 aliphatic rings. The molecule has 0 aromatic rings. The number of carbonyl (C=O) groups excluding carboxylic acids is 1. The molecule has 0 aromatic heterocycles. The quantitative estimate of drug-likeness (QED) is 0.297. The van der Waals surface area contributed by atoms with E-state index in [2.05, 4.69) is 5.16 Å². The van der Waals surface area contributed by atoms with Crippen LogP contribution in [0.4, 0.5) is 0 Å². The Bertz CT molecular complexity index is 256. The van der Waals surface area contributed by atoms with Crippen molar-refractivity contribution in [2.45, 2.75) is 26.3 Å². The lowest BCUT2D eigenvalue weighted by atomic mass is 10.1. The molecule has 94 valence electrons. The predicted molar refractivity (Wildman–Crippen MR) is 61.3 cm³/mol. The molecule has 0 fully saturated rings. The van der Waals surface area contributed by atoms with E-state index in [1.54, 1.807) is 21.1 Å². The fraction of sp³-hybridized carbons (Fsp3) is 0.800. The number of methoxy groups -OCH3 is 1. The number of ether oxygens (including phenoxy) is 1. The highest BCUT2D eigenvalue weighted by Crippen LogP contribution is 2.07. The van der Waals surface area contributed by atoms with Gasteiger partial charge in [-0.3, -0.25) is 4.79 Å². The highest BCUT2D eigenvalue weighted by atomic mass is 16.5. The first-order chi connectivity index (χ1) is 7.43. The molecule has 0 saturated heterocycles. The van der Waals surface area contributed by atoms with Crippen LogP contribution in [0.5, 0.6) is 0 Å². The average Bonchev–Trinajstić information content (AvgIpc) is 2.26. The molecule has 0 rings (SSSR count). The Hall–Kier alpha value is -1.30. The number of rotatable bonds is 6. The third-order valence-corrected chi connectivity index (χ3v) is 2.49. The zero-order valence-electron chi connectivity index (χ0n) is 10.3. The number of likely N-dealkylation sites (N-methyl/N-ethyl adjacent to an activating group) is 1. The second-order valence-corrected chi connectivity index (χ2v) is 3.97. The standard InChI is InChI=1S/C10H21N3O3/c1-7(6-16-4)5-9(14)13(3)8(2)10(11)12-15/h7-8,15H,5-6H2,1-4H3,(H2,11,12). The monoisotopic (exact) mass is 231 g/mol. The van der Waals surface area contributed by atoms with Crippen molar-refractivity contribution in [3.8, 4) is 0 Å². The van der Waals surface area contributed by atoms with Gasteiger partial charge in [0, 0.05) is 27.2 Å². The number of amides is 1. The lowest BCUT2D eigenvalue weighted by molar-refractivity contribution is -0.131. The number of oxime groups is 1. The molecule has 0 radical (unpaired) electrons. The van der Waals surface area contributed by atoms with Crippen LogP contribution in [0.25, 0.3) is 0 Å². The van der Waals surface area contributed by atoms with Crippen LogP contribution in [0.2, 0.25) is 0 Å². The largest absolute Gasteiger partial charge is 0.409 e. The number of hydrogen-bond donors (Lipinski definition) is 2. The Morgan fingerprint density at radius 2 is 2.12 bits per heavy atom. The van der Waals surface area contributed by atoms with E-state index < -0.39 is 6.04 Å². The van der Waals surface area contributed by atoms with Gasteiger partial charge in [-0.15, -0.1) is 0 Å². The molecule has 1 amide bonds. The molecular weight excluding hydrogens is 210 g/mol. The molecule has 0 aliphatic heterocycles. The van der Waals surface area contributed by atoms with Gasteiger partial charge in [0.2, 0.25) is 5.91 Å². The van der Waals surface area contributed by atoms with Crippen LogP contribution in [0, 0.1) is 5.92 Å². The lowest BCUT2D eigenvalue weighted by Crippen LogP contribution is -2.44. The van der Waals surface area contributed by atoms with Crippen molar-refractivity contribution in [2.24, 2.45) is 16.8 Å². The maximum atomic E-state index is 11.8. The van der Waals surface area contributed by atoms with Gasteiger partial charge in [-0.05, 0) is 12.8 Å². The van der Waals surface area contributed by atoms with E-state index in [-0.39, 0.29) is 17.7 Å². The molecule has 16 heavy (non-hydrogen) atoms. The third kappa shape index (κ3) is 4.48. The van der Waals surface area contributed by atoms with Gasteiger partial charge in [0.1, 0.15) is 0 Å². The Labute approximate surface area is 96.0 Å². The average molecular weight is 231 g/mol. The first-order valence-electron chi connectivity index (χ1n) is 5.16. The van der Waals surface area contributed by atoms with Crippen molar-refractivity contribution in [2.75, 3.05) is 20.8 Å². The fourth-order valence-electron chi connectivity index (χ4n) is 1.28. The predicted octanol–water partition coefficient (Wildman–Crippen LogP) is 0.252. The van der Waals surface area contributed by atoms with E-state index in [1.165, 1.54) is 4.90 Å². The van der Waals surface area contributed by atoms with Gasteiger partial charge in [0.05, 0.1) is 6.04 Å². The zero-order chi connectivity index (χ0) is 12.7. The number of hydrogen-bond acceptors (Lipinski definition) is 4. The summed E-state index contributed by atoms with van der Waals surface area (Å²) in [5.41, 5.74) is 5.43. The number of carbonyl (C=O) groups is 1. The smallest absolute Gasteiger partial charge is 0.223 e. The summed E-state index contributed by atoms with van der Waals surface area (Å²) in [4.78, 5) is 13.2. The summed E-state index contributed by atoms with van der Waals surface area (Å²) < 4.78 is 4.95. The Kier molecular flexibility index (Phi) is 6.48. The summed E-state index contributed by atoms with van der Waals surface area (Å²) in [5.74, 6) is 0.123. The van der Waals surface area contributed by atoms with Gasteiger partial charge >= 0.3 is 0 Å². The van der Waals surface area contributed by atoms with Crippen LogP contribution in [0.15, 0.2) is 5.16 Å². The molecule has 2 unspecified atom stereocenters. The second-order valence-electron chi connectivity index (χ2n) is 3.97. The molecule has 6 heteroatoms. The molecular formula is C10H21N3O3. The SMILES string of the molecule is COCC(C)CC(=O)N(C)C(C)C(N)=NO. The first-order valence-corrected chi connectivity index (χ1v) is 5.16. The molecule has 0 saturated carbocycles. The van der Waals surface area contributed by atoms with Crippen molar-refractivity contribution in [1.29, 1.82) is 0 Å². The van der Waals surface area contributed by atoms with Crippen LogP contribution in [-0.2, 0) is 9.53 Å². The summed E-state index contributed by atoms with van der Waals surface area (Å²) >= 11 is 0. The zero-order valence-corrected chi connectivity index (χ0v) is 10.3. The van der Waals surface area contributed by atoms with Gasteiger partial charge in [0.15, 0.2) is 5.84 Å². The maximum absolute atomic E-state index is 11.8. The van der Waals surface area contributed by atoms with Crippen molar-refractivity contribution in [3.05, 3.63) is 0 Å². The molecule has 0 aliphatic carbocycles. The van der Waals surface area contributed by atoms with E-state index in [1.807, 2.05) is 6.92 Å². The van der Waals surface area contributed by atoms with Crippen LogP contribution >= 0.6 is 0 Å². The number of nitrogens with two attached hydrogens (primary N) is 1. The Morgan fingerprint density at radius 3 is 2.56 bits per heavy atom. The minimum atomic E-state index is -0.410. The van der Waals surface area contributed by atoms with Gasteiger partial charge in [-0.25, -0.2) is 0 Å². The van der Waals surface area contributed by atoms with Crippen molar-refractivity contribution in [3.63, 3.8) is 0 Å². The highest BCUT2D eigenvalue weighted by molar-refractivity contribution is 5.89. The Balaban J connectivity index is 4.28. The fourth-order valence-corrected chi connectivity index (χ4v) is 1.28. The van der Waals surface area contributed by atoms with E-state index >= 15 is 0 Å². The molecule has 3 N–H and O–H groups in total. The topological polar surface area (TPSA) is 88.2 Å². The summed E-state index contributed by atoms with van der Waals surface area (Å²) in [6.07, 6.45) is 0.382. The van der Waals surface area contributed by atoms with E-state index in [4.69, 9.17) is 15.7 Å². The highest BCUT2D eigenvalue weighted by Gasteiger charge is 2.20. The third-order valence-electron chi connectivity index (χ3n) is 2.49. The lowest BCUT2D eigenvalue weighted by Gasteiger charge is -2.25. The van der Waals surface area contributed by atoms with Crippen LogP contribution in [0.3, 0.4) is 0 Å².